The highest BCUT2D eigenvalue weighted by Gasteiger charge is 2.34. The van der Waals surface area contributed by atoms with E-state index in [9.17, 15) is 4.79 Å². The van der Waals surface area contributed by atoms with Gasteiger partial charge in [0, 0.05) is 12.2 Å². The average Bonchev–Trinajstić information content (AvgIpc) is 2.17. The molecule has 0 saturated carbocycles. The molecule has 1 aliphatic rings. The molecule has 14 heavy (non-hydrogen) atoms. The maximum Gasteiger partial charge on any atom is 0.328 e. The molecule has 0 bridgehead atoms. The van der Waals surface area contributed by atoms with Gasteiger partial charge in [-0.1, -0.05) is 18.2 Å². The molecule has 3 nitrogen and oxygen atoms in total. The Labute approximate surface area is 83.3 Å². The van der Waals surface area contributed by atoms with Gasteiger partial charge in [0.2, 0.25) is 0 Å². The van der Waals surface area contributed by atoms with E-state index in [1.54, 1.807) is 0 Å². The third-order valence-corrected chi connectivity index (χ3v) is 2.58. The molecule has 0 radical (unpaired) electrons. The van der Waals surface area contributed by atoms with E-state index in [2.05, 4.69) is 4.90 Å². The molecular formula is C11H13NO2. The monoisotopic (exact) mass is 191 g/mol. The van der Waals surface area contributed by atoms with Gasteiger partial charge in [0.15, 0.2) is 0 Å². The number of carbonyl (C=O) groups excluding carboxylic acids is 1. The Balaban J connectivity index is 2.10. The third kappa shape index (κ3) is 1.45. The van der Waals surface area contributed by atoms with Gasteiger partial charge in [-0.3, -0.25) is 0 Å². The van der Waals surface area contributed by atoms with Gasteiger partial charge in [-0.15, -0.1) is 0 Å². The van der Waals surface area contributed by atoms with Gasteiger partial charge in [0.1, 0.15) is 6.04 Å². The minimum absolute atomic E-state index is 0.0811. The van der Waals surface area contributed by atoms with E-state index < -0.39 is 0 Å². The first-order chi connectivity index (χ1) is 6.83. The lowest BCUT2D eigenvalue weighted by atomic mass is 10.0. The zero-order chi connectivity index (χ0) is 9.97. The van der Waals surface area contributed by atoms with E-state index >= 15 is 0 Å². The fourth-order valence-electron chi connectivity index (χ4n) is 1.70. The van der Waals surface area contributed by atoms with Crippen LogP contribution in [-0.2, 0) is 9.53 Å². The van der Waals surface area contributed by atoms with Crippen molar-refractivity contribution in [3.05, 3.63) is 30.3 Å². The molecule has 2 rings (SSSR count). The molecule has 1 aromatic carbocycles. The number of carbonyl (C=O) groups is 1. The van der Waals surface area contributed by atoms with Gasteiger partial charge in [0.05, 0.1) is 7.11 Å². The zero-order valence-corrected chi connectivity index (χ0v) is 8.14. The SMILES string of the molecule is COC(=O)[C@H]1CCN1c1ccccc1. The van der Waals surface area contributed by atoms with Crippen LogP contribution in [-0.4, -0.2) is 25.7 Å². The highest BCUT2D eigenvalue weighted by atomic mass is 16.5. The van der Waals surface area contributed by atoms with Crippen molar-refractivity contribution in [2.75, 3.05) is 18.6 Å². The summed E-state index contributed by atoms with van der Waals surface area (Å²) in [6, 6.07) is 9.85. The third-order valence-electron chi connectivity index (χ3n) is 2.58. The van der Waals surface area contributed by atoms with Gasteiger partial charge >= 0.3 is 5.97 Å². The van der Waals surface area contributed by atoms with Crippen molar-refractivity contribution >= 4 is 11.7 Å². The van der Waals surface area contributed by atoms with Crippen molar-refractivity contribution in [2.24, 2.45) is 0 Å². The topological polar surface area (TPSA) is 29.5 Å². The number of methoxy groups -OCH3 is 1. The summed E-state index contributed by atoms with van der Waals surface area (Å²) in [5, 5.41) is 0. The highest BCUT2D eigenvalue weighted by molar-refractivity contribution is 5.82. The lowest BCUT2D eigenvalue weighted by molar-refractivity contribution is -0.143. The fraction of sp³-hybridized carbons (Fsp3) is 0.364. The van der Waals surface area contributed by atoms with Crippen LogP contribution in [0.2, 0.25) is 0 Å². The summed E-state index contributed by atoms with van der Waals surface area (Å²) in [6.07, 6.45) is 0.890. The van der Waals surface area contributed by atoms with Crippen molar-refractivity contribution in [2.45, 2.75) is 12.5 Å². The second-order valence-corrected chi connectivity index (χ2v) is 3.36. The first-order valence-corrected chi connectivity index (χ1v) is 4.72. The van der Waals surface area contributed by atoms with Crippen LogP contribution in [0.25, 0.3) is 0 Å². The van der Waals surface area contributed by atoms with Gasteiger partial charge in [-0.25, -0.2) is 4.79 Å². The van der Waals surface area contributed by atoms with Crippen LogP contribution in [0.1, 0.15) is 6.42 Å². The van der Waals surface area contributed by atoms with E-state index in [4.69, 9.17) is 4.74 Å². The summed E-state index contributed by atoms with van der Waals surface area (Å²) in [4.78, 5) is 13.4. The average molecular weight is 191 g/mol. The molecule has 1 aromatic rings. The molecule has 0 N–H and O–H groups in total. The van der Waals surface area contributed by atoms with Crippen molar-refractivity contribution in [1.82, 2.24) is 0 Å². The molecule has 0 amide bonds. The summed E-state index contributed by atoms with van der Waals surface area (Å²) < 4.78 is 4.73. The molecule has 0 aliphatic carbocycles. The van der Waals surface area contributed by atoms with E-state index in [0.717, 1.165) is 18.7 Å². The zero-order valence-electron chi connectivity index (χ0n) is 8.14. The molecular weight excluding hydrogens is 178 g/mol. The summed E-state index contributed by atoms with van der Waals surface area (Å²) in [7, 11) is 1.43. The van der Waals surface area contributed by atoms with Crippen molar-refractivity contribution in [3.8, 4) is 0 Å². The Morgan fingerprint density at radius 2 is 2.14 bits per heavy atom. The summed E-state index contributed by atoms with van der Waals surface area (Å²) in [5.41, 5.74) is 1.09. The number of rotatable bonds is 2. The number of nitrogens with zero attached hydrogens (tertiary/aromatic N) is 1. The second-order valence-electron chi connectivity index (χ2n) is 3.36. The summed E-state index contributed by atoms with van der Waals surface area (Å²) >= 11 is 0. The Bertz CT molecular complexity index is 323. The Hall–Kier alpha value is -1.51. The van der Waals surface area contributed by atoms with E-state index in [1.807, 2.05) is 30.3 Å². The standard InChI is InChI=1S/C11H13NO2/c1-14-11(13)10-7-8-12(10)9-5-3-2-4-6-9/h2-6,10H,7-8H2,1H3/t10-/m1/s1. The predicted octanol–water partition coefficient (Wildman–Crippen LogP) is 1.44. The largest absolute Gasteiger partial charge is 0.467 e. The van der Waals surface area contributed by atoms with Gasteiger partial charge < -0.3 is 9.64 Å². The molecule has 1 saturated heterocycles. The lowest BCUT2D eigenvalue weighted by Crippen LogP contribution is -2.53. The number of para-hydroxylation sites is 1. The van der Waals surface area contributed by atoms with Crippen molar-refractivity contribution in [1.29, 1.82) is 0 Å². The Morgan fingerprint density at radius 3 is 2.64 bits per heavy atom. The molecule has 74 valence electrons. The lowest BCUT2D eigenvalue weighted by Gasteiger charge is -2.40. The maximum atomic E-state index is 11.3. The second kappa shape index (κ2) is 3.70. The predicted molar refractivity (Wildman–Crippen MR) is 54.2 cm³/mol. The van der Waals surface area contributed by atoms with Crippen LogP contribution < -0.4 is 4.90 Å². The maximum absolute atomic E-state index is 11.3. The van der Waals surface area contributed by atoms with Gasteiger partial charge in [-0.05, 0) is 18.6 Å². The number of hydrogen-bond donors (Lipinski definition) is 0. The van der Waals surface area contributed by atoms with Crippen molar-refractivity contribution in [3.63, 3.8) is 0 Å². The fourth-order valence-corrected chi connectivity index (χ4v) is 1.70. The van der Waals surface area contributed by atoms with E-state index in [0.29, 0.717) is 0 Å². The number of anilines is 1. The Morgan fingerprint density at radius 1 is 1.43 bits per heavy atom. The van der Waals surface area contributed by atoms with Gasteiger partial charge in [-0.2, -0.15) is 0 Å². The quantitative estimate of drug-likeness (QED) is 0.662. The Kier molecular flexibility index (Phi) is 2.39. The first kappa shape index (κ1) is 9.06. The summed E-state index contributed by atoms with van der Waals surface area (Å²) in [6.45, 7) is 0.934. The van der Waals surface area contributed by atoms with E-state index in [-0.39, 0.29) is 12.0 Å². The molecule has 0 unspecified atom stereocenters. The van der Waals surface area contributed by atoms with Crippen molar-refractivity contribution < 1.29 is 9.53 Å². The molecule has 1 aliphatic heterocycles. The van der Waals surface area contributed by atoms with Crippen LogP contribution in [0.4, 0.5) is 5.69 Å². The number of esters is 1. The molecule has 1 fully saturated rings. The van der Waals surface area contributed by atoms with Crippen LogP contribution in [0, 0.1) is 0 Å². The van der Waals surface area contributed by atoms with Crippen LogP contribution >= 0.6 is 0 Å². The minimum Gasteiger partial charge on any atom is -0.467 e. The number of benzene rings is 1. The van der Waals surface area contributed by atoms with Crippen LogP contribution in [0.15, 0.2) is 30.3 Å². The molecule has 1 heterocycles. The molecule has 0 spiro atoms. The normalized spacial score (nSPS) is 20.1. The number of ether oxygens (including phenoxy) is 1. The highest BCUT2D eigenvalue weighted by Crippen LogP contribution is 2.26. The minimum atomic E-state index is -0.139. The van der Waals surface area contributed by atoms with Crippen LogP contribution in [0.3, 0.4) is 0 Å². The van der Waals surface area contributed by atoms with Crippen LogP contribution in [0.5, 0.6) is 0 Å². The molecule has 0 aromatic heterocycles. The first-order valence-electron chi connectivity index (χ1n) is 4.72. The van der Waals surface area contributed by atoms with E-state index in [1.165, 1.54) is 7.11 Å². The molecule has 1 atom stereocenters. The number of hydrogen-bond acceptors (Lipinski definition) is 3. The van der Waals surface area contributed by atoms with Gasteiger partial charge in [0.25, 0.3) is 0 Å². The molecule has 3 heteroatoms. The summed E-state index contributed by atoms with van der Waals surface area (Å²) in [5.74, 6) is -0.139. The smallest absolute Gasteiger partial charge is 0.328 e.